The van der Waals surface area contributed by atoms with Crippen LogP contribution in [0.1, 0.15) is 38.5 Å². The van der Waals surface area contributed by atoms with Crippen LogP contribution in [0.2, 0.25) is 0 Å². The molecule has 3 unspecified atom stereocenters. The zero-order chi connectivity index (χ0) is 22.9. The van der Waals surface area contributed by atoms with Crippen molar-refractivity contribution in [2.24, 2.45) is 28.0 Å². The first-order valence-corrected chi connectivity index (χ1v) is 11.8. The Hall–Kier alpha value is -3.15. The third kappa shape index (κ3) is 6.67. The minimum atomic E-state index is 0.00200. The van der Waals surface area contributed by atoms with Crippen LogP contribution < -0.4 is 9.47 Å². The third-order valence-corrected chi connectivity index (χ3v) is 6.32. The number of fused-ring (bicyclic) bond motifs is 2. The molecule has 174 valence electrons. The van der Waals surface area contributed by atoms with Gasteiger partial charge in [0.05, 0.1) is 37.6 Å². The van der Waals surface area contributed by atoms with Gasteiger partial charge >= 0.3 is 5.97 Å². The summed E-state index contributed by atoms with van der Waals surface area (Å²) in [4.78, 5) is 12.2. The van der Waals surface area contributed by atoms with Crippen molar-refractivity contribution in [2.75, 3.05) is 20.3 Å². The first-order valence-electron chi connectivity index (χ1n) is 11.8. The molecule has 0 spiro atoms. The Balaban J connectivity index is 1.05. The number of azo groups is 1. The normalized spacial score (nSPS) is 20.9. The summed E-state index contributed by atoms with van der Waals surface area (Å²) in [7, 11) is 1.64. The summed E-state index contributed by atoms with van der Waals surface area (Å²) < 4.78 is 16.4. The van der Waals surface area contributed by atoms with E-state index in [1.807, 2.05) is 48.5 Å². The molecule has 2 aromatic rings. The molecule has 0 aromatic heterocycles. The van der Waals surface area contributed by atoms with Crippen LogP contribution in [0.15, 0.2) is 70.9 Å². The molecule has 1 fully saturated rings. The summed E-state index contributed by atoms with van der Waals surface area (Å²) in [6.07, 6.45) is 10.5. The van der Waals surface area contributed by atoms with Gasteiger partial charge in [0.2, 0.25) is 0 Å². The molecule has 3 atom stereocenters. The lowest BCUT2D eigenvalue weighted by Gasteiger charge is -2.16. The largest absolute Gasteiger partial charge is 0.497 e. The van der Waals surface area contributed by atoms with Crippen LogP contribution in [-0.4, -0.2) is 26.3 Å². The van der Waals surface area contributed by atoms with Crippen LogP contribution >= 0.6 is 0 Å². The van der Waals surface area contributed by atoms with Crippen LogP contribution in [0.5, 0.6) is 11.5 Å². The molecule has 2 aromatic carbocycles. The van der Waals surface area contributed by atoms with Crippen molar-refractivity contribution in [1.82, 2.24) is 0 Å². The number of methoxy groups -OCH3 is 1. The summed E-state index contributed by atoms with van der Waals surface area (Å²) >= 11 is 0. The van der Waals surface area contributed by atoms with Crippen molar-refractivity contribution in [3.05, 3.63) is 60.7 Å². The highest BCUT2D eigenvalue weighted by atomic mass is 16.5. The number of ether oxygens (including phenoxy) is 3. The molecule has 6 heteroatoms. The number of hydrogen-bond acceptors (Lipinski definition) is 6. The fraction of sp³-hybridized carbons (Fsp3) is 0.444. The van der Waals surface area contributed by atoms with Crippen LogP contribution in [0, 0.1) is 17.8 Å². The van der Waals surface area contributed by atoms with E-state index in [0.29, 0.717) is 25.0 Å². The molecule has 0 radical (unpaired) electrons. The van der Waals surface area contributed by atoms with Crippen molar-refractivity contribution < 1.29 is 19.0 Å². The highest BCUT2D eigenvalue weighted by Crippen LogP contribution is 2.43. The van der Waals surface area contributed by atoms with Crippen LogP contribution in [0.4, 0.5) is 11.4 Å². The van der Waals surface area contributed by atoms with Gasteiger partial charge in [-0.1, -0.05) is 12.2 Å². The zero-order valence-electron chi connectivity index (χ0n) is 19.2. The van der Waals surface area contributed by atoms with E-state index in [4.69, 9.17) is 14.2 Å². The first-order chi connectivity index (χ1) is 16.2. The molecular weight excluding hydrogens is 416 g/mol. The predicted octanol–water partition coefficient (Wildman–Crippen LogP) is 6.81. The number of unbranched alkanes of at least 4 members (excludes halogenated alkanes) is 3. The summed E-state index contributed by atoms with van der Waals surface area (Å²) in [6, 6.07) is 15.0. The third-order valence-electron chi connectivity index (χ3n) is 6.32. The number of esters is 1. The van der Waals surface area contributed by atoms with Gasteiger partial charge in [0, 0.05) is 0 Å². The molecule has 0 saturated heterocycles. The zero-order valence-corrected chi connectivity index (χ0v) is 19.2. The SMILES string of the molecule is COc1ccc(N=Nc2ccc(OCCCCCCOC(=O)C3CC4C=CC3C4)cc2)cc1. The predicted molar refractivity (Wildman–Crippen MR) is 127 cm³/mol. The number of rotatable bonds is 12. The average Bonchev–Trinajstić information content (AvgIpc) is 3.49. The van der Waals surface area contributed by atoms with Crippen LogP contribution in [0.25, 0.3) is 0 Å². The van der Waals surface area contributed by atoms with Crippen molar-refractivity contribution >= 4 is 17.3 Å². The second-order valence-corrected chi connectivity index (χ2v) is 8.71. The van der Waals surface area contributed by atoms with Crippen LogP contribution in [0.3, 0.4) is 0 Å². The Morgan fingerprint density at radius 1 is 0.818 bits per heavy atom. The molecule has 1 saturated carbocycles. The minimum Gasteiger partial charge on any atom is -0.497 e. The van der Waals surface area contributed by atoms with Gasteiger partial charge in [-0.3, -0.25) is 4.79 Å². The van der Waals surface area contributed by atoms with E-state index in [1.165, 1.54) is 0 Å². The summed E-state index contributed by atoms with van der Waals surface area (Å²) in [5, 5.41) is 8.48. The number of hydrogen-bond donors (Lipinski definition) is 0. The maximum absolute atomic E-state index is 12.2. The first kappa shape index (κ1) is 23.0. The summed E-state index contributed by atoms with van der Waals surface area (Å²) in [6.45, 7) is 1.20. The Morgan fingerprint density at radius 2 is 1.45 bits per heavy atom. The van der Waals surface area contributed by atoms with Gasteiger partial charge in [-0.05, 0) is 98.9 Å². The molecule has 2 aliphatic carbocycles. The number of benzene rings is 2. The van der Waals surface area contributed by atoms with E-state index >= 15 is 0 Å². The lowest BCUT2D eigenvalue weighted by atomic mass is 9.94. The standard InChI is InChI=1S/C27H32N2O4/c1-31-24-12-8-22(9-13-24)28-29-23-10-14-25(15-11-23)32-16-4-2-3-5-17-33-27(30)26-19-20-6-7-21(26)18-20/h6-15,20-21,26H,2-5,16-19H2,1H3. The monoisotopic (exact) mass is 448 g/mol. The van der Waals surface area contributed by atoms with E-state index in [2.05, 4.69) is 22.4 Å². The molecule has 2 bridgehead atoms. The Labute approximate surface area is 195 Å². The van der Waals surface area contributed by atoms with E-state index in [1.54, 1.807) is 7.11 Å². The number of carbonyl (C=O) groups is 1. The highest BCUT2D eigenvalue weighted by Gasteiger charge is 2.40. The molecule has 33 heavy (non-hydrogen) atoms. The van der Waals surface area contributed by atoms with Crippen molar-refractivity contribution in [3.8, 4) is 11.5 Å². The fourth-order valence-corrected chi connectivity index (χ4v) is 4.45. The highest BCUT2D eigenvalue weighted by molar-refractivity contribution is 5.74. The summed E-state index contributed by atoms with van der Waals surface area (Å²) in [5.74, 6) is 2.75. The van der Waals surface area contributed by atoms with Crippen molar-refractivity contribution in [1.29, 1.82) is 0 Å². The molecule has 6 nitrogen and oxygen atoms in total. The molecule has 0 heterocycles. The topological polar surface area (TPSA) is 69.5 Å². The number of allylic oxidation sites excluding steroid dienone is 2. The Morgan fingerprint density at radius 3 is 2.03 bits per heavy atom. The Kier molecular flexibility index (Phi) is 8.12. The Bertz CT molecular complexity index is 953. The average molecular weight is 449 g/mol. The maximum Gasteiger partial charge on any atom is 0.309 e. The van der Waals surface area contributed by atoms with Gasteiger partial charge in [-0.25, -0.2) is 0 Å². The molecule has 2 aliphatic rings. The van der Waals surface area contributed by atoms with Gasteiger partial charge in [0.15, 0.2) is 0 Å². The van der Waals surface area contributed by atoms with Crippen molar-refractivity contribution in [3.63, 3.8) is 0 Å². The molecule has 4 rings (SSSR count). The van der Waals surface area contributed by atoms with E-state index < -0.39 is 0 Å². The van der Waals surface area contributed by atoms with Crippen LogP contribution in [-0.2, 0) is 9.53 Å². The van der Waals surface area contributed by atoms with Crippen molar-refractivity contribution in [2.45, 2.75) is 38.5 Å². The molecular formula is C27H32N2O4. The number of carbonyl (C=O) groups excluding carboxylic acids is 1. The van der Waals surface area contributed by atoms with Gasteiger partial charge in [0.25, 0.3) is 0 Å². The number of nitrogens with zero attached hydrogens (tertiary/aromatic N) is 2. The quantitative estimate of drug-likeness (QED) is 0.155. The van der Waals surface area contributed by atoms with E-state index in [-0.39, 0.29) is 11.9 Å². The molecule has 0 N–H and O–H groups in total. The molecule has 0 aliphatic heterocycles. The van der Waals surface area contributed by atoms with E-state index in [9.17, 15) is 4.79 Å². The second-order valence-electron chi connectivity index (χ2n) is 8.71. The summed E-state index contributed by atoms with van der Waals surface area (Å²) in [5.41, 5.74) is 1.54. The minimum absolute atomic E-state index is 0.00200. The molecule has 0 amide bonds. The van der Waals surface area contributed by atoms with Gasteiger partial charge in [-0.15, -0.1) is 0 Å². The lowest BCUT2D eigenvalue weighted by molar-refractivity contribution is -0.149. The van der Waals surface area contributed by atoms with Gasteiger partial charge in [0.1, 0.15) is 11.5 Å². The second kappa shape index (κ2) is 11.6. The smallest absolute Gasteiger partial charge is 0.309 e. The lowest BCUT2D eigenvalue weighted by Crippen LogP contribution is -2.22. The van der Waals surface area contributed by atoms with E-state index in [0.717, 1.165) is 61.4 Å². The van der Waals surface area contributed by atoms with Gasteiger partial charge in [-0.2, -0.15) is 10.2 Å². The van der Waals surface area contributed by atoms with Gasteiger partial charge < -0.3 is 14.2 Å². The maximum atomic E-state index is 12.2. The fourth-order valence-electron chi connectivity index (χ4n) is 4.45.